The number of amides is 2. The third kappa shape index (κ3) is 3.57. The molecule has 21 heavy (non-hydrogen) atoms. The van der Waals surface area contributed by atoms with Gasteiger partial charge in [-0.1, -0.05) is 13.8 Å². The van der Waals surface area contributed by atoms with Gasteiger partial charge in [-0.05, 0) is 37.5 Å². The van der Waals surface area contributed by atoms with Gasteiger partial charge in [0, 0.05) is 38.0 Å². The van der Waals surface area contributed by atoms with Gasteiger partial charge < -0.3 is 16.0 Å². The minimum Gasteiger partial charge on any atom is -0.359 e. The Morgan fingerprint density at radius 1 is 1.10 bits per heavy atom. The Hall–Kier alpha value is -1.10. The normalized spacial score (nSPS) is 34.6. The molecule has 2 fully saturated rings. The second-order valence-electron chi connectivity index (χ2n) is 6.91. The monoisotopic (exact) mass is 295 g/mol. The molecule has 0 spiro atoms. The van der Waals surface area contributed by atoms with Crippen LogP contribution >= 0.6 is 0 Å². The number of carbonyl (C=O) groups excluding carboxylic acids is 2. The highest BCUT2D eigenvalue weighted by Gasteiger charge is 2.38. The van der Waals surface area contributed by atoms with Gasteiger partial charge in [0.2, 0.25) is 11.8 Å². The molecule has 5 nitrogen and oxygen atoms in total. The van der Waals surface area contributed by atoms with Crippen LogP contribution in [0.2, 0.25) is 0 Å². The van der Waals surface area contributed by atoms with E-state index in [1.807, 2.05) is 4.90 Å². The van der Waals surface area contributed by atoms with Crippen LogP contribution in [0, 0.1) is 23.7 Å². The first-order chi connectivity index (χ1) is 9.93. The van der Waals surface area contributed by atoms with Gasteiger partial charge in [-0.2, -0.15) is 0 Å². The third-order valence-electron chi connectivity index (χ3n) is 5.43. The van der Waals surface area contributed by atoms with E-state index in [1.165, 1.54) is 0 Å². The number of nitrogens with one attached hydrogen (secondary N) is 1. The molecule has 120 valence electrons. The second-order valence-corrected chi connectivity index (χ2v) is 6.91. The molecule has 0 bridgehead atoms. The Balaban J connectivity index is 1.91. The fourth-order valence-corrected chi connectivity index (χ4v) is 3.83. The molecule has 0 aromatic carbocycles. The number of piperidine rings is 1. The van der Waals surface area contributed by atoms with Crippen molar-refractivity contribution in [3.8, 4) is 0 Å². The lowest BCUT2D eigenvalue weighted by molar-refractivity contribution is -0.142. The summed E-state index contributed by atoms with van der Waals surface area (Å²) in [6.45, 7) is 5.74. The van der Waals surface area contributed by atoms with Crippen molar-refractivity contribution in [3.63, 3.8) is 0 Å². The minimum absolute atomic E-state index is 0.0603. The van der Waals surface area contributed by atoms with Gasteiger partial charge in [0.05, 0.1) is 0 Å². The Morgan fingerprint density at radius 3 is 2.29 bits per heavy atom. The molecule has 4 atom stereocenters. The van der Waals surface area contributed by atoms with Gasteiger partial charge >= 0.3 is 0 Å². The Kier molecular flexibility index (Phi) is 5.25. The SMILES string of the molecule is CNC(=O)C1CCN(C(=O)C2CC(N)C(C)CC2C)CC1. The number of rotatable bonds is 2. The lowest BCUT2D eigenvalue weighted by atomic mass is 9.72. The summed E-state index contributed by atoms with van der Waals surface area (Å²) >= 11 is 0. The van der Waals surface area contributed by atoms with Crippen LogP contribution in [-0.4, -0.2) is 42.9 Å². The highest BCUT2D eigenvalue weighted by Crippen LogP contribution is 2.34. The van der Waals surface area contributed by atoms with Gasteiger partial charge in [-0.15, -0.1) is 0 Å². The van der Waals surface area contributed by atoms with E-state index < -0.39 is 0 Å². The van der Waals surface area contributed by atoms with Crippen molar-refractivity contribution in [2.24, 2.45) is 29.4 Å². The van der Waals surface area contributed by atoms with Crippen molar-refractivity contribution in [1.29, 1.82) is 0 Å². The van der Waals surface area contributed by atoms with E-state index in [1.54, 1.807) is 7.05 Å². The number of hydrogen-bond acceptors (Lipinski definition) is 3. The molecule has 1 heterocycles. The Bertz CT molecular complexity index is 391. The summed E-state index contributed by atoms with van der Waals surface area (Å²) in [6, 6.07) is 0.138. The molecule has 1 aliphatic heterocycles. The first kappa shape index (κ1) is 16.3. The number of nitrogens with zero attached hydrogens (tertiary/aromatic N) is 1. The van der Waals surface area contributed by atoms with Crippen LogP contribution in [0.1, 0.15) is 39.5 Å². The summed E-state index contributed by atoms with van der Waals surface area (Å²) in [5, 5.41) is 2.70. The standard InChI is InChI=1S/C16H29N3O2/c1-10-8-11(2)14(17)9-13(10)16(21)19-6-4-12(5-7-19)15(20)18-3/h10-14H,4-9,17H2,1-3H3,(H,18,20). The van der Waals surface area contributed by atoms with Crippen LogP contribution in [0.5, 0.6) is 0 Å². The largest absolute Gasteiger partial charge is 0.359 e. The molecule has 0 radical (unpaired) electrons. The fourth-order valence-electron chi connectivity index (χ4n) is 3.83. The molecule has 3 N–H and O–H groups in total. The van der Waals surface area contributed by atoms with Crippen molar-refractivity contribution < 1.29 is 9.59 Å². The molecule has 4 unspecified atom stereocenters. The highest BCUT2D eigenvalue weighted by molar-refractivity contribution is 5.81. The molecule has 5 heteroatoms. The van der Waals surface area contributed by atoms with Gasteiger partial charge in [0.1, 0.15) is 0 Å². The minimum atomic E-state index is 0.0603. The predicted molar refractivity (Wildman–Crippen MR) is 82.4 cm³/mol. The molecular formula is C16H29N3O2. The van der Waals surface area contributed by atoms with Crippen LogP contribution in [0.4, 0.5) is 0 Å². The summed E-state index contributed by atoms with van der Waals surface area (Å²) in [4.78, 5) is 26.3. The van der Waals surface area contributed by atoms with Gasteiger partial charge in [0.25, 0.3) is 0 Å². The van der Waals surface area contributed by atoms with Gasteiger partial charge in [-0.3, -0.25) is 9.59 Å². The highest BCUT2D eigenvalue weighted by atomic mass is 16.2. The molecule has 1 saturated carbocycles. The maximum atomic E-state index is 12.7. The van der Waals surface area contributed by atoms with E-state index in [2.05, 4.69) is 19.2 Å². The molecule has 1 saturated heterocycles. The van der Waals surface area contributed by atoms with Crippen molar-refractivity contribution in [3.05, 3.63) is 0 Å². The zero-order valence-corrected chi connectivity index (χ0v) is 13.5. The number of hydrogen-bond donors (Lipinski definition) is 2. The average Bonchev–Trinajstić information content (AvgIpc) is 2.49. The Morgan fingerprint density at radius 2 is 1.71 bits per heavy atom. The van der Waals surface area contributed by atoms with E-state index in [0.717, 1.165) is 25.7 Å². The second kappa shape index (κ2) is 6.77. The van der Waals surface area contributed by atoms with Crippen molar-refractivity contribution >= 4 is 11.8 Å². The van der Waals surface area contributed by atoms with Gasteiger partial charge in [-0.25, -0.2) is 0 Å². The van der Waals surface area contributed by atoms with Crippen LogP contribution in [0.3, 0.4) is 0 Å². The van der Waals surface area contributed by atoms with Crippen LogP contribution in [0.15, 0.2) is 0 Å². The zero-order chi connectivity index (χ0) is 15.6. The predicted octanol–water partition coefficient (Wildman–Crippen LogP) is 0.981. The van der Waals surface area contributed by atoms with Crippen LogP contribution in [0.25, 0.3) is 0 Å². The number of likely N-dealkylation sites (tertiary alicyclic amines) is 1. The molecular weight excluding hydrogens is 266 g/mol. The summed E-state index contributed by atoms with van der Waals surface area (Å²) < 4.78 is 0. The van der Waals surface area contributed by atoms with E-state index in [0.29, 0.717) is 24.9 Å². The van der Waals surface area contributed by atoms with Crippen LogP contribution < -0.4 is 11.1 Å². The molecule has 2 aliphatic rings. The Labute approximate surface area is 127 Å². The van der Waals surface area contributed by atoms with E-state index in [-0.39, 0.29) is 29.7 Å². The van der Waals surface area contributed by atoms with Gasteiger partial charge in [0.15, 0.2) is 0 Å². The maximum Gasteiger partial charge on any atom is 0.226 e. The zero-order valence-electron chi connectivity index (χ0n) is 13.5. The first-order valence-corrected chi connectivity index (χ1v) is 8.20. The smallest absolute Gasteiger partial charge is 0.226 e. The summed E-state index contributed by atoms with van der Waals surface area (Å²) in [5.74, 6) is 1.38. The first-order valence-electron chi connectivity index (χ1n) is 8.20. The summed E-state index contributed by atoms with van der Waals surface area (Å²) in [6.07, 6.45) is 3.38. The van der Waals surface area contributed by atoms with Crippen molar-refractivity contribution in [1.82, 2.24) is 10.2 Å². The molecule has 1 aliphatic carbocycles. The number of nitrogens with two attached hydrogens (primary N) is 1. The topological polar surface area (TPSA) is 75.4 Å². The number of carbonyl (C=O) groups is 2. The lowest BCUT2D eigenvalue weighted by Gasteiger charge is -2.40. The molecule has 0 aromatic heterocycles. The van der Waals surface area contributed by atoms with E-state index >= 15 is 0 Å². The molecule has 2 amide bonds. The summed E-state index contributed by atoms with van der Waals surface area (Å²) in [5.41, 5.74) is 6.15. The maximum absolute atomic E-state index is 12.7. The quantitative estimate of drug-likeness (QED) is 0.797. The van der Waals surface area contributed by atoms with Crippen molar-refractivity contribution in [2.75, 3.05) is 20.1 Å². The third-order valence-corrected chi connectivity index (χ3v) is 5.43. The molecule has 0 aromatic rings. The lowest BCUT2D eigenvalue weighted by Crippen LogP contribution is -2.49. The fraction of sp³-hybridized carbons (Fsp3) is 0.875. The van der Waals surface area contributed by atoms with E-state index in [9.17, 15) is 9.59 Å². The van der Waals surface area contributed by atoms with Crippen LogP contribution in [-0.2, 0) is 9.59 Å². The van der Waals surface area contributed by atoms with E-state index in [4.69, 9.17) is 5.73 Å². The summed E-state index contributed by atoms with van der Waals surface area (Å²) in [7, 11) is 1.67. The average molecular weight is 295 g/mol. The van der Waals surface area contributed by atoms with Crippen molar-refractivity contribution in [2.45, 2.75) is 45.6 Å². The molecule has 2 rings (SSSR count).